The molecule has 4 aromatic rings. The molecule has 0 amide bonds. The number of nitrogens with one attached hydrogen (secondary N) is 1. The number of anilines is 2. The molecule has 6 heteroatoms. The fourth-order valence-electron chi connectivity index (χ4n) is 4.09. The van der Waals surface area contributed by atoms with Gasteiger partial charge in [-0.2, -0.15) is 0 Å². The lowest BCUT2D eigenvalue weighted by Crippen LogP contribution is -2.43. The maximum Gasteiger partial charge on any atom is 0.185 e. The number of nitrogens with zero attached hydrogens (tertiary/aromatic N) is 3. The first-order chi connectivity index (χ1) is 15.7. The van der Waals surface area contributed by atoms with Crippen LogP contribution in [0.15, 0.2) is 73.1 Å². The number of carbonyl (C=O) groups excluding carboxylic acids is 1. The zero-order valence-electron chi connectivity index (χ0n) is 17.8. The van der Waals surface area contributed by atoms with Crippen LogP contribution in [0.4, 0.5) is 11.4 Å². The van der Waals surface area contributed by atoms with Gasteiger partial charge in [-0.05, 0) is 35.2 Å². The normalized spacial score (nSPS) is 13.9. The van der Waals surface area contributed by atoms with Gasteiger partial charge in [-0.25, -0.2) is 0 Å². The average Bonchev–Trinajstić information content (AvgIpc) is 2.85. The van der Waals surface area contributed by atoms with E-state index in [0.29, 0.717) is 11.4 Å². The van der Waals surface area contributed by atoms with Crippen LogP contribution >= 0.6 is 0 Å². The van der Waals surface area contributed by atoms with Crippen molar-refractivity contribution in [1.82, 2.24) is 15.3 Å². The van der Waals surface area contributed by atoms with Gasteiger partial charge in [0.15, 0.2) is 5.78 Å². The number of pyridine rings is 2. The third-order valence-electron chi connectivity index (χ3n) is 5.92. The molecule has 32 heavy (non-hydrogen) atoms. The Balaban J connectivity index is 1.38. The number of rotatable bonds is 5. The molecule has 1 fully saturated rings. The first kappa shape index (κ1) is 20.2. The van der Waals surface area contributed by atoms with Gasteiger partial charge in [0.25, 0.3) is 0 Å². The van der Waals surface area contributed by atoms with E-state index in [1.54, 1.807) is 12.4 Å². The standard InChI is InChI=1S/C26H25N5O/c27-23-17-30-24(18-4-2-1-3-5-18)14-20(23)15-26(32)25-13-19-6-7-22(12-21(19)16-29-25)31-10-8-28-9-11-31/h1-7,12-14,16-17,28H,8-11,15,27H2. The smallest absolute Gasteiger partial charge is 0.185 e. The second-order valence-electron chi connectivity index (χ2n) is 8.07. The van der Waals surface area contributed by atoms with Crippen LogP contribution in [0.3, 0.4) is 0 Å². The van der Waals surface area contributed by atoms with Crippen LogP contribution in [-0.4, -0.2) is 41.9 Å². The maximum atomic E-state index is 13.0. The summed E-state index contributed by atoms with van der Waals surface area (Å²) in [6, 6.07) is 20.0. The van der Waals surface area contributed by atoms with Crippen LogP contribution < -0.4 is 16.0 Å². The number of benzene rings is 2. The molecule has 160 valence electrons. The van der Waals surface area contributed by atoms with Crippen LogP contribution in [0, 0.1) is 0 Å². The number of aromatic nitrogens is 2. The first-order valence-corrected chi connectivity index (χ1v) is 10.9. The molecule has 1 saturated heterocycles. The number of hydrogen-bond acceptors (Lipinski definition) is 6. The van der Waals surface area contributed by atoms with Crippen LogP contribution in [0.5, 0.6) is 0 Å². The maximum absolute atomic E-state index is 13.0. The number of piperazine rings is 1. The summed E-state index contributed by atoms with van der Waals surface area (Å²) in [4.78, 5) is 24.3. The monoisotopic (exact) mass is 423 g/mol. The third kappa shape index (κ3) is 4.18. The largest absolute Gasteiger partial charge is 0.397 e. The van der Waals surface area contributed by atoms with Gasteiger partial charge in [0.2, 0.25) is 0 Å². The van der Waals surface area contributed by atoms with E-state index in [-0.39, 0.29) is 12.2 Å². The van der Waals surface area contributed by atoms with Crippen molar-refractivity contribution in [3.8, 4) is 11.3 Å². The lowest BCUT2D eigenvalue weighted by Gasteiger charge is -2.29. The zero-order chi connectivity index (χ0) is 21.9. The minimum atomic E-state index is -0.0602. The van der Waals surface area contributed by atoms with Crippen molar-refractivity contribution >= 4 is 27.9 Å². The quantitative estimate of drug-likeness (QED) is 0.476. The van der Waals surface area contributed by atoms with E-state index in [1.165, 1.54) is 5.69 Å². The van der Waals surface area contributed by atoms with Gasteiger partial charge in [0, 0.05) is 55.4 Å². The fourth-order valence-corrected chi connectivity index (χ4v) is 4.09. The summed E-state index contributed by atoms with van der Waals surface area (Å²) in [7, 11) is 0. The molecule has 3 N–H and O–H groups in total. The highest BCUT2D eigenvalue weighted by Crippen LogP contribution is 2.25. The molecule has 0 unspecified atom stereocenters. The molecule has 5 rings (SSSR count). The minimum Gasteiger partial charge on any atom is -0.397 e. The number of hydrogen-bond donors (Lipinski definition) is 2. The second kappa shape index (κ2) is 8.77. The van der Waals surface area contributed by atoms with Crippen molar-refractivity contribution < 1.29 is 4.79 Å². The van der Waals surface area contributed by atoms with E-state index < -0.39 is 0 Å². The van der Waals surface area contributed by atoms with Crippen molar-refractivity contribution in [3.63, 3.8) is 0 Å². The van der Waals surface area contributed by atoms with E-state index >= 15 is 0 Å². The molecule has 0 atom stereocenters. The third-order valence-corrected chi connectivity index (χ3v) is 5.92. The molecular formula is C26H25N5O. The Labute approximate surface area is 187 Å². The van der Waals surface area contributed by atoms with E-state index in [1.807, 2.05) is 42.5 Å². The van der Waals surface area contributed by atoms with Gasteiger partial charge < -0.3 is 16.0 Å². The van der Waals surface area contributed by atoms with Crippen molar-refractivity contribution in [2.45, 2.75) is 6.42 Å². The second-order valence-corrected chi connectivity index (χ2v) is 8.07. The molecule has 0 aliphatic carbocycles. The molecule has 0 bridgehead atoms. The van der Waals surface area contributed by atoms with E-state index in [4.69, 9.17) is 5.73 Å². The number of Topliss-reactive ketones (excluding diaryl/α,β-unsaturated/α-hetero) is 1. The fraction of sp³-hybridized carbons (Fsp3) is 0.192. The number of ketones is 1. The predicted octanol–water partition coefficient (Wildman–Crippen LogP) is 3.71. The lowest BCUT2D eigenvalue weighted by atomic mass is 10.0. The van der Waals surface area contributed by atoms with Crippen molar-refractivity contribution in [1.29, 1.82) is 0 Å². The topological polar surface area (TPSA) is 84.1 Å². The molecule has 0 radical (unpaired) electrons. The van der Waals surface area contributed by atoms with Gasteiger partial charge in [-0.3, -0.25) is 14.8 Å². The molecule has 1 aliphatic heterocycles. The highest BCUT2D eigenvalue weighted by atomic mass is 16.1. The first-order valence-electron chi connectivity index (χ1n) is 10.9. The SMILES string of the molecule is Nc1cnc(-c2ccccc2)cc1CC(=O)c1cc2ccc(N3CCNCC3)cc2cn1. The minimum absolute atomic E-state index is 0.0602. The number of nitrogens with two attached hydrogens (primary N) is 1. The number of fused-ring (bicyclic) bond motifs is 1. The lowest BCUT2D eigenvalue weighted by molar-refractivity contribution is 0.0988. The predicted molar refractivity (Wildman–Crippen MR) is 129 cm³/mol. The summed E-state index contributed by atoms with van der Waals surface area (Å²) in [6.07, 6.45) is 3.60. The zero-order valence-corrected chi connectivity index (χ0v) is 17.8. The Bertz CT molecular complexity index is 1270. The Hall–Kier alpha value is -3.77. The summed E-state index contributed by atoms with van der Waals surface area (Å²) in [5, 5.41) is 5.42. The van der Waals surface area contributed by atoms with Gasteiger partial charge in [-0.1, -0.05) is 36.4 Å². The summed E-state index contributed by atoms with van der Waals surface area (Å²) >= 11 is 0. The summed E-state index contributed by atoms with van der Waals surface area (Å²) < 4.78 is 0. The van der Waals surface area contributed by atoms with Gasteiger partial charge in [0.05, 0.1) is 17.6 Å². The Kier molecular flexibility index (Phi) is 5.52. The van der Waals surface area contributed by atoms with Gasteiger partial charge in [0.1, 0.15) is 5.69 Å². The molecule has 6 nitrogen and oxygen atoms in total. The summed E-state index contributed by atoms with van der Waals surface area (Å²) in [6.45, 7) is 3.98. The van der Waals surface area contributed by atoms with Crippen LogP contribution in [0.25, 0.3) is 22.0 Å². The van der Waals surface area contributed by atoms with Gasteiger partial charge in [-0.15, -0.1) is 0 Å². The molecule has 3 heterocycles. The number of nitrogen functional groups attached to an aromatic ring is 1. The highest BCUT2D eigenvalue weighted by molar-refractivity contribution is 6.00. The van der Waals surface area contributed by atoms with Gasteiger partial charge >= 0.3 is 0 Å². The van der Waals surface area contributed by atoms with Crippen LogP contribution in [0.1, 0.15) is 16.1 Å². The summed E-state index contributed by atoms with van der Waals surface area (Å²) in [5.41, 5.74) is 10.8. The molecule has 0 spiro atoms. The van der Waals surface area contributed by atoms with Crippen molar-refractivity contribution in [2.24, 2.45) is 0 Å². The number of carbonyl (C=O) groups is 1. The van der Waals surface area contributed by atoms with E-state index in [0.717, 1.165) is 53.8 Å². The van der Waals surface area contributed by atoms with Crippen LogP contribution in [-0.2, 0) is 6.42 Å². The van der Waals surface area contributed by atoms with Crippen molar-refractivity contribution in [2.75, 3.05) is 36.8 Å². The van der Waals surface area contributed by atoms with E-state index in [9.17, 15) is 4.79 Å². The molecule has 1 aliphatic rings. The summed E-state index contributed by atoms with van der Waals surface area (Å²) in [5.74, 6) is -0.0602. The highest BCUT2D eigenvalue weighted by Gasteiger charge is 2.15. The molecule has 2 aromatic heterocycles. The van der Waals surface area contributed by atoms with E-state index in [2.05, 4.69) is 38.4 Å². The van der Waals surface area contributed by atoms with Crippen molar-refractivity contribution in [3.05, 3.63) is 84.3 Å². The molecule has 0 saturated carbocycles. The Morgan fingerprint density at radius 1 is 0.938 bits per heavy atom. The average molecular weight is 424 g/mol. The molecular weight excluding hydrogens is 398 g/mol. The Morgan fingerprint density at radius 3 is 2.56 bits per heavy atom. The Morgan fingerprint density at radius 2 is 1.75 bits per heavy atom. The van der Waals surface area contributed by atoms with Crippen LogP contribution in [0.2, 0.25) is 0 Å². The molecule has 2 aromatic carbocycles.